The summed E-state index contributed by atoms with van der Waals surface area (Å²) in [5, 5.41) is 11.5. The second-order valence-electron chi connectivity index (χ2n) is 8.46. The van der Waals surface area contributed by atoms with Crippen LogP contribution < -0.4 is 4.74 Å². The van der Waals surface area contributed by atoms with Gasteiger partial charge >= 0.3 is 0 Å². The molecule has 0 aliphatic rings. The Morgan fingerprint density at radius 1 is 0.774 bits per heavy atom. The van der Waals surface area contributed by atoms with E-state index in [4.69, 9.17) is 4.74 Å². The largest absolute Gasteiger partial charge is 0.508 e. The van der Waals surface area contributed by atoms with Crippen LogP contribution in [0.3, 0.4) is 0 Å². The monoisotopic (exact) mass is 410 g/mol. The van der Waals surface area contributed by atoms with Gasteiger partial charge in [-0.05, 0) is 76.7 Å². The molecule has 4 aromatic carbocycles. The number of carbonyl (C=O) groups is 1. The SMILES string of the molecule is CCC(C)(C)c1ccc(C(=O)c2ccc(Oc3ccc4cc(O)ccc4c3)cc2)cc1. The minimum absolute atomic E-state index is 0.00193. The molecule has 4 aromatic rings. The molecular weight excluding hydrogens is 384 g/mol. The highest BCUT2D eigenvalue weighted by Crippen LogP contribution is 2.29. The molecule has 0 saturated heterocycles. The Kier molecular flexibility index (Phi) is 5.51. The van der Waals surface area contributed by atoms with Crippen molar-refractivity contribution < 1.29 is 14.6 Å². The number of ether oxygens (including phenoxy) is 1. The highest BCUT2D eigenvalue weighted by atomic mass is 16.5. The van der Waals surface area contributed by atoms with Crippen molar-refractivity contribution in [1.82, 2.24) is 0 Å². The maximum Gasteiger partial charge on any atom is 0.193 e. The number of hydrogen-bond donors (Lipinski definition) is 1. The molecule has 0 radical (unpaired) electrons. The van der Waals surface area contributed by atoms with Crippen LogP contribution in [-0.2, 0) is 5.41 Å². The first-order valence-electron chi connectivity index (χ1n) is 10.5. The molecule has 0 fully saturated rings. The lowest BCUT2D eigenvalue weighted by Crippen LogP contribution is -2.15. The molecule has 0 saturated carbocycles. The van der Waals surface area contributed by atoms with Gasteiger partial charge in [0.05, 0.1) is 0 Å². The molecule has 0 atom stereocenters. The summed E-state index contributed by atoms with van der Waals surface area (Å²) in [6.07, 6.45) is 1.04. The molecule has 0 aliphatic heterocycles. The first kappa shape index (κ1) is 20.7. The van der Waals surface area contributed by atoms with Gasteiger partial charge in [-0.25, -0.2) is 0 Å². The molecule has 0 aliphatic carbocycles. The normalized spacial score (nSPS) is 11.5. The average Bonchev–Trinajstić information content (AvgIpc) is 2.79. The molecule has 0 bridgehead atoms. The molecule has 0 aromatic heterocycles. The Balaban J connectivity index is 1.49. The van der Waals surface area contributed by atoms with E-state index in [1.165, 1.54) is 5.56 Å². The van der Waals surface area contributed by atoms with Crippen molar-refractivity contribution in [2.75, 3.05) is 0 Å². The number of phenols is 1. The van der Waals surface area contributed by atoms with E-state index in [0.29, 0.717) is 22.6 Å². The van der Waals surface area contributed by atoms with Crippen LogP contribution in [0, 0.1) is 0 Å². The third kappa shape index (κ3) is 4.46. The van der Waals surface area contributed by atoms with Gasteiger partial charge in [0.25, 0.3) is 0 Å². The Labute approximate surface area is 182 Å². The molecule has 3 heteroatoms. The second-order valence-corrected chi connectivity index (χ2v) is 8.46. The fourth-order valence-electron chi connectivity index (χ4n) is 3.53. The van der Waals surface area contributed by atoms with Gasteiger partial charge in [0.1, 0.15) is 17.2 Å². The number of hydrogen-bond acceptors (Lipinski definition) is 3. The first-order chi connectivity index (χ1) is 14.9. The maximum absolute atomic E-state index is 12.9. The van der Waals surface area contributed by atoms with Gasteiger partial charge in [-0.1, -0.05) is 57.2 Å². The van der Waals surface area contributed by atoms with Crippen LogP contribution in [-0.4, -0.2) is 10.9 Å². The van der Waals surface area contributed by atoms with E-state index >= 15 is 0 Å². The Bertz CT molecular complexity index is 1220. The number of aromatic hydroxyl groups is 1. The number of ketones is 1. The number of benzene rings is 4. The number of carbonyl (C=O) groups excluding carboxylic acids is 1. The molecular formula is C28H26O3. The molecule has 31 heavy (non-hydrogen) atoms. The van der Waals surface area contributed by atoms with Gasteiger partial charge in [-0.2, -0.15) is 0 Å². The van der Waals surface area contributed by atoms with E-state index in [9.17, 15) is 9.90 Å². The van der Waals surface area contributed by atoms with Crippen LogP contribution >= 0.6 is 0 Å². The van der Waals surface area contributed by atoms with Crippen molar-refractivity contribution in [2.24, 2.45) is 0 Å². The van der Waals surface area contributed by atoms with Crippen LogP contribution in [0.25, 0.3) is 10.8 Å². The standard InChI is InChI=1S/C28H26O3/c1-4-28(2,3)23-11-5-19(6-12-23)27(30)20-8-14-25(15-9-20)31-26-16-10-21-17-24(29)13-7-22(21)18-26/h5-18,29H,4H2,1-3H3. The quantitative estimate of drug-likeness (QED) is 0.340. The van der Waals surface area contributed by atoms with Crippen LogP contribution in [0.5, 0.6) is 17.2 Å². The summed E-state index contributed by atoms with van der Waals surface area (Å²) >= 11 is 0. The van der Waals surface area contributed by atoms with Crippen LogP contribution in [0.15, 0.2) is 84.9 Å². The van der Waals surface area contributed by atoms with Crippen molar-refractivity contribution in [3.63, 3.8) is 0 Å². The van der Waals surface area contributed by atoms with Crippen molar-refractivity contribution in [3.8, 4) is 17.2 Å². The Morgan fingerprint density at radius 2 is 1.32 bits per heavy atom. The Hall–Kier alpha value is -3.59. The highest BCUT2D eigenvalue weighted by molar-refractivity contribution is 6.09. The smallest absolute Gasteiger partial charge is 0.193 e. The van der Waals surface area contributed by atoms with Gasteiger partial charge < -0.3 is 9.84 Å². The summed E-state index contributed by atoms with van der Waals surface area (Å²) in [7, 11) is 0. The lowest BCUT2D eigenvalue weighted by molar-refractivity contribution is 0.103. The molecule has 0 unspecified atom stereocenters. The van der Waals surface area contributed by atoms with E-state index in [1.54, 1.807) is 24.3 Å². The minimum Gasteiger partial charge on any atom is -0.508 e. The molecule has 0 spiro atoms. The van der Waals surface area contributed by atoms with Crippen molar-refractivity contribution in [1.29, 1.82) is 0 Å². The van der Waals surface area contributed by atoms with Crippen LogP contribution in [0.1, 0.15) is 48.7 Å². The van der Waals surface area contributed by atoms with E-state index in [-0.39, 0.29) is 16.9 Å². The summed E-state index contributed by atoms with van der Waals surface area (Å²) in [6, 6.07) is 26.0. The topological polar surface area (TPSA) is 46.5 Å². The zero-order valence-electron chi connectivity index (χ0n) is 18.1. The first-order valence-corrected chi connectivity index (χ1v) is 10.5. The minimum atomic E-state index is -0.00193. The fourth-order valence-corrected chi connectivity index (χ4v) is 3.53. The van der Waals surface area contributed by atoms with Gasteiger partial charge in [-0.3, -0.25) is 4.79 Å². The second kappa shape index (κ2) is 8.27. The van der Waals surface area contributed by atoms with Crippen molar-refractivity contribution in [2.45, 2.75) is 32.6 Å². The lowest BCUT2D eigenvalue weighted by Gasteiger charge is -2.23. The average molecular weight is 411 g/mol. The molecule has 156 valence electrons. The molecule has 3 nitrogen and oxygen atoms in total. The number of rotatable bonds is 6. The van der Waals surface area contributed by atoms with E-state index in [0.717, 1.165) is 17.2 Å². The molecule has 1 N–H and O–H groups in total. The summed E-state index contributed by atoms with van der Waals surface area (Å²) in [5.41, 5.74) is 2.65. The molecule has 4 rings (SSSR count). The molecule has 0 heterocycles. The summed E-state index contributed by atoms with van der Waals surface area (Å²) in [6.45, 7) is 6.59. The summed E-state index contributed by atoms with van der Waals surface area (Å²) < 4.78 is 5.95. The third-order valence-corrected chi connectivity index (χ3v) is 5.96. The fraction of sp³-hybridized carbons (Fsp3) is 0.179. The van der Waals surface area contributed by atoms with Gasteiger partial charge in [0.15, 0.2) is 5.78 Å². The van der Waals surface area contributed by atoms with Crippen molar-refractivity contribution in [3.05, 3.63) is 102 Å². The summed E-state index contributed by atoms with van der Waals surface area (Å²) in [5.74, 6) is 1.60. The summed E-state index contributed by atoms with van der Waals surface area (Å²) in [4.78, 5) is 12.9. The van der Waals surface area contributed by atoms with Crippen LogP contribution in [0.4, 0.5) is 0 Å². The van der Waals surface area contributed by atoms with Crippen LogP contribution in [0.2, 0.25) is 0 Å². The van der Waals surface area contributed by atoms with Gasteiger partial charge in [0.2, 0.25) is 0 Å². The predicted molar refractivity (Wildman–Crippen MR) is 125 cm³/mol. The van der Waals surface area contributed by atoms with E-state index < -0.39 is 0 Å². The van der Waals surface area contributed by atoms with Crippen molar-refractivity contribution >= 4 is 16.6 Å². The Morgan fingerprint density at radius 3 is 1.97 bits per heavy atom. The predicted octanol–water partition coefficient (Wildman–Crippen LogP) is 7.26. The maximum atomic E-state index is 12.9. The third-order valence-electron chi connectivity index (χ3n) is 5.96. The van der Waals surface area contributed by atoms with E-state index in [1.807, 2.05) is 60.7 Å². The highest BCUT2D eigenvalue weighted by Gasteiger charge is 2.18. The van der Waals surface area contributed by atoms with Gasteiger partial charge in [0, 0.05) is 11.1 Å². The zero-order chi connectivity index (χ0) is 22.0. The van der Waals surface area contributed by atoms with Gasteiger partial charge in [-0.15, -0.1) is 0 Å². The van der Waals surface area contributed by atoms with E-state index in [2.05, 4.69) is 20.8 Å². The zero-order valence-corrected chi connectivity index (χ0v) is 18.1. The molecule has 0 amide bonds. The number of fused-ring (bicyclic) bond motifs is 1. The lowest BCUT2D eigenvalue weighted by atomic mass is 9.82. The number of phenolic OH excluding ortho intramolecular Hbond substituents is 1.